The molecule has 16 heavy (non-hydrogen) atoms. The van der Waals surface area contributed by atoms with Crippen LogP contribution in [0.15, 0.2) is 11.1 Å². The summed E-state index contributed by atoms with van der Waals surface area (Å²) in [6.07, 6.45) is 1.94. The number of rotatable bonds is 2. The number of nitrogens with one attached hydrogen (secondary N) is 1. The van der Waals surface area contributed by atoms with Crippen LogP contribution in [0.4, 0.5) is 0 Å². The van der Waals surface area contributed by atoms with Crippen molar-refractivity contribution in [3.8, 4) is 0 Å². The zero-order valence-corrected chi connectivity index (χ0v) is 9.87. The van der Waals surface area contributed by atoms with Crippen molar-refractivity contribution in [3.63, 3.8) is 0 Å². The fraction of sp³-hybridized carbons (Fsp3) is 0.667. The number of sulfonamides is 1. The normalized spacial score (nSPS) is 20.1. The second-order valence-corrected chi connectivity index (χ2v) is 5.90. The van der Waals surface area contributed by atoms with Crippen molar-refractivity contribution in [2.45, 2.75) is 30.8 Å². The van der Waals surface area contributed by atoms with Crippen LogP contribution in [0.2, 0.25) is 0 Å². The molecule has 1 fully saturated rings. The van der Waals surface area contributed by atoms with Crippen molar-refractivity contribution in [1.29, 1.82) is 0 Å². The average molecular weight is 245 g/mol. The van der Waals surface area contributed by atoms with Crippen LogP contribution in [0.1, 0.15) is 18.5 Å². The lowest BCUT2D eigenvalue weighted by Crippen LogP contribution is -2.40. The second-order valence-electron chi connectivity index (χ2n) is 3.99. The number of hydrogen-bond acceptors (Lipinski definition) is 4. The highest BCUT2D eigenvalue weighted by atomic mass is 32.2. The van der Waals surface area contributed by atoms with Crippen LogP contribution >= 0.6 is 0 Å². The Bertz CT molecular complexity index is 460. The van der Waals surface area contributed by atoms with E-state index < -0.39 is 10.0 Å². The van der Waals surface area contributed by atoms with E-state index in [0.717, 1.165) is 0 Å². The fourth-order valence-electron chi connectivity index (χ4n) is 1.82. The molecule has 2 N–H and O–H groups in total. The predicted molar refractivity (Wildman–Crippen MR) is 57.3 cm³/mol. The van der Waals surface area contributed by atoms with Gasteiger partial charge in [-0.1, -0.05) is 0 Å². The number of aliphatic hydroxyl groups excluding tert-OH is 1. The van der Waals surface area contributed by atoms with Gasteiger partial charge in [0.2, 0.25) is 10.0 Å². The van der Waals surface area contributed by atoms with Gasteiger partial charge in [-0.2, -0.15) is 9.40 Å². The maximum atomic E-state index is 12.2. The van der Waals surface area contributed by atoms with Crippen molar-refractivity contribution in [2.24, 2.45) is 0 Å². The number of hydrogen-bond donors (Lipinski definition) is 2. The van der Waals surface area contributed by atoms with Crippen LogP contribution in [-0.4, -0.2) is 47.2 Å². The van der Waals surface area contributed by atoms with Crippen LogP contribution in [0, 0.1) is 6.92 Å². The van der Waals surface area contributed by atoms with E-state index in [-0.39, 0.29) is 11.0 Å². The summed E-state index contributed by atoms with van der Waals surface area (Å²) in [6, 6.07) is 0. The second kappa shape index (κ2) is 4.15. The van der Waals surface area contributed by atoms with Gasteiger partial charge < -0.3 is 5.11 Å². The van der Waals surface area contributed by atoms with E-state index in [9.17, 15) is 13.5 Å². The Morgan fingerprint density at radius 1 is 1.50 bits per heavy atom. The number of aliphatic hydroxyl groups is 1. The summed E-state index contributed by atoms with van der Waals surface area (Å²) in [4.78, 5) is 0.226. The summed E-state index contributed by atoms with van der Waals surface area (Å²) in [6.45, 7) is 2.42. The molecule has 6 nitrogen and oxygen atoms in total. The molecule has 0 aliphatic carbocycles. The van der Waals surface area contributed by atoms with Gasteiger partial charge in [-0.25, -0.2) is 8.42 Å². The Labute approximate surface area is 94.3 Å². The predicted octanol–water partition coefficient (Wildman–Crippen LogP) is -0.136. The molecule has 2 rings (SSSR count). The Hall–Kier alpha value is -0.920. The molecule has 7 heteroatoms. The number of aromatic amines is 1. The van der Waals surface area contributed by atoms with Crippen LogP contribution in [0.25, 0.3) is 0 Å². The number of piperidine rings is 1. The quantitative estimate of drug-likeness (QED) is 0.759. The highest BCUT2D eigenvalue weighted by Crippen LogP contribution is 2.21. The highest BCUT2D eigenvalue weighted by molar-refractivity contribution is 7.89. The number of nitrogens with zero attached hydrogens (tertiary/aromatic N) is 2. The third-order valence-corrected chi connectivity index (χ3v) is 4.84. The Kier molecular flexibility index (Phi) is 3.00. The van der Waals surface area contributed by atoms with E-state index in [1.807, 2.05) is 0 Å². The third kappa shape index (κ3) is 1.98. The van der Waals surface area contributed by atoms with Crippen molar-refractivity contribution in [3.05, 3.63) is 11.9 Å². The average Bonchev–Trinajstić information content (AvgIpc) is 2.66. The van der Waals surface area contributed by atoms with Crippen LogP contribution in [0.3, 0.4) is 0 Å². The summed E-state index contributed by atoms with van der Waals surface area (Å²) in [5.41, 5.74) is 0.547. The molecule has 0 radical (unpaired) electrons. The summed E-state index contributed by atoms with van der Waals surface area (Å²) < 4.78 is 25.7. The summed E-state index contributed by atoms with van der Waals surface area (Å²) in [5.74, 6) is 0. The van der Waals surface area contributed by atoms with Crippen molar-refractivity contribution in [2.75, 3.05) is 13.1 Å². The van der Waals surface area contributed by atoms with Gasteiger partial charge in [0.15, 0.2) is 0 Å². The highest BCUT2D eigenvalue weighted by Gasteiger charge is 2.30. The zero-order valence-electron chi connectivity index (χ0n) is 9.05. The molecule has 0 saturated carbocycles. The molecule has 0 aromatic carbocycles. The summed E-state index contributed by atoms with van der Waals surface area (Å²) in [5, 5.41) is 15.7. The largest absolute Gasteiger partial charge is 0.393 e. The molecule has 90 valence electrons. The molecular formula is C9H15N3O3S. The molecule has 1 saturated heterocycles. The van der Waals surface area contributed by atoms with Crippen molar-refractivity contribution < 1.29 is 13.5 Å². The Balaban J connectivity index is 2.23. The maximum absolute atomic E-state index is 12.2. The minimum absolute atomic E-state index is 0.226. The van der Waals surface area contributed by atoms with Gasteiger partial charge in [0.25, 0.3) is 0 Å². The molecule has 1 aliphatic heterocycles. The molecule has 1 aromatic rings. The third-order valence-electron chi connectivity index (χ3n) is 2.82. The lowest BCUT2D eigenvalue weighted by molar-refractivity contribution is 0.113. The van der Waals surface area contributed by atoms with E-state index in [4.69, 9.17) is 0 Å². The molecular weight excluding hydrogens is 230 g/mol. The van der Waals surface area contributed by atoms with Gasteiger partial charge in [-0.3, -0.25) is 5.10 Å². The molecule has 2 heterocycles. The molecule has 1 aromatic heterocycles. The number of aromatic nitrogens is 2. The smallest absolute Gasteiger partial charge is 0.246 e. The molecule has 0 spiro atoms. The first-order chi connectivity index (χ1) is 7.51. The SMILES string of the molecule is Cc1[nH]ncc1S(=O)(=O)N1CCC(O)CC1. The standard InChI is InChI=1S/C9H15N3O3S/c1-7-9(6-10-11-7)16(14,15)12-4-2-8(13)3-5-12/h6,8,13H,2-5H2,1H3,(H,10,11). The van der Waals surface area contributed by atoms with Crippen molar-refractivity contribution in [1.82, 2.24) is 14.5 Å². The lowest BCUT2D eigenvalue weighted by atomic mass is 10.1. The van der Waals surface area contributed by atoms with Crippen LogP contribution in [-0.2, 0) is 10.0 Å². The Morgan fingerprint density at radius 3 is 2.62 bits per heavy atom. The topological polar surface area (TPSA) is 86.3 Å². The van der Waals surface area contributed by atoms with Gasteiger partial charge in [0.05, 0.1) is 18.0 Å². The Morgan fingerprint density at radius 2 is 2.12 bits per heavy atom. The van der Waals surface area contributed by atoms with E-state index in [2.05, 4.69) is 10.2 Å². The number of H-pyrrole nitrogens is 1. The molecule has 0 unspecified atom stereocenters. The van der Waals surface area contributed by atoms with Crippen molar-refractivity contribution >= 4 is 10.0 Å². The first-order valence-electron chi connectivity index (χ1n) is 5.20. The van der Waals surface area contributed by atoms with Crippen LogP contribution in [0.5, 0.6) is 0 Å². The van der Waals surface area contributed by atoms with Gasteiger partial charge in [0.1, 0.15) is 4.90 Å². The summed E-state index contributed by atoms with van der Waals surface area (Å²) in [7, 11) is -3.44. The lowest BCUT2D eigenvalue weighted by Gasteiger charge is -2.28. The van der Waals surface area contributed by atoms with E-state index in [1.165, 1.54) is 10.5 Å². The zero-order chi connectivity index (χ0) is 11.8. The van der Waals surface area contributed by atoms with E-state index >= 15 is 0 Å². The van der Waals surface area contributed by atoms with Gasteiger partial charge in [-0.05, 0) is 19.8 Å². The van der Waals surface area contributed by atoms with Gasteiger partial charge in [-0.15, -0.1) is 0 Å². The van der Waals surface area contributed by atoms with Gasteiger partial charge in [0, 0.05) is 13.1 Å². The first kappa shape index (κ1) is 11.6. The minimum Gasteiger partial charge on any atom is -0.393 e. The maximum Gasteiger partial charge on any atom is 0.246 e. The van der Waals surface area contributed by atoms with E-state index in [1.54, 1.807) is 6.92 Å². The molecule has 0 amide bonds. The fourth-order valence-corrected chi connectivity index (χ4v) is 3.41. The molecule has 0 bridgehead atoms. The van der Waals surface area contributed by atoms with E-state index in [0.29, 0.717) is 31.6 Å². The minimum atomic E-state index is -3.44. The molecule has 0 atom stereocenters. The molecule has 1 aliphatic rings. The van der Waals surface area contributed by atoms with Crippen LogP contribution < -0.4 is 0 Å². The van der Waals surface area contributed by atoms with Gasteiger partial charge >= 0.3 is 0 Å². The number of aryl methyl sites for hydroxylation is 1. The first-order valence-corrected chi connectivity index (χ1v) is 6.64. The monoisotopic (exact) mass is 245 g/mol. The summed E-state index contributed by atoms with van der Waals surface area (Å²) >= 11 is 0.